The number of benzene rings is 2. The van der Waals surface area contributed by atoms with Gasteiger partial charge in [0.25, 0.3) is 5.91 Å². The lowest BCUT2D eigenvalue weighted by Gasteiger charge is -2.04. The van der Waals surface area contributed by atoms with Crippen LogP contribution in [0.5, 0.6) is 17.2 Å². The number of carbonyl (C=O) groups is 1. The highest BCUT2D eigenvalue weighted by Gasteiger charge is 2.08. The Kier molecular flexibility index (Phi) is 4.08. The van der Waals surface area contributed by atoms with Crippen LogP contribution in [0.25, 0.3) is 0 Å². The molecule has 0 bridgehead atoms. The van der Waals surface area contributed by atoms with Crippen LogP contribution in [-0.2, 0) is 0 Å². The van der Waals surface area contributed by atoms with Gasteiger partial charge in [-0.25, -0.2) is 5.43 Å². The van der Waals surface area contributed by atoms with Crippen molar-refractivity contribution in [1.82, 2.24) is 5.43 Å². The number of hydrogen-bond acceptors (Lipinski definition) is 5. The van der Waals surface area contributed by atoms with Gasteiger partial charge in [0.2, 0.25) is 0 Å². The Morgan fingerprint density at radius 2 is 1.57 bits per heavy atom. The molecule has 0 unspecified atom stereocenters. The van der Waals surface area contributed by atoms with Crippen LogP contribution in [0, 0.1) is 0 Å². The lowest BCUT2D eigenvalue weighted by atomic mass is 10.1. The number of nitrogens with one attached hydrogen (secondary N) is 1. The monoisotopic (exact) mass is 286 g/mol. The molecule has 0 saturated heterocycles. The third kappa shape index (κ3) is 3.73. The Morgan fingerprint density at radius 1 is 0.952 bits per heavy atom. The van der Waals surface area contributed by atoms with Gasteiger partial charge in [-0.05, 0) is 31.2 Å². The molecular formula is C15H14N2O4. The van der Waals surface area contributed by atoms with Crippen molar-refractivity contribution in [3.63, 3.8) is 0 Å². The highest BCUT2D eigenvalue weighted by molar-refractivity contribution is 6.01. The van der Waals surface area contributed by atoms with Crippen LogP contribution in [0.15, 0.2) is 47.6 Å². The summed E-state index contributed by atoms with van der Waals surface area (Å²) in [6, 6.07) is 10.0. The van der Waals surface area contributed by atoms with E-state index in [0.717, 1.165) is 6.07 Å². The van der Waals surface area contributed by atoms with Crippen LogP contribution in [0.3, 0.4) is 0 Å². The molecule has 0 saturated carbocycles. The SMILES string of the molecule is CC(=NNC(=O)c1cc(O)cc(O)c1)c1cccc(O)c1. The first-order chi connectivity index (χ1) is 9.95. The second kappa shape index (κ2) is 5.96. The fourth-order valence-corrected chi connectivity index (χ4v) is 1.72. The molecule has 2 rings (SSSR count). The first-order valence-corrected chi connectivity index (χ1v) is 6.13. The summed E-state index contributed by atoms with van der Waals surface area (Å²) in [6.07, 6.45) is 0. The van der Waals surface area contributed by atoms with Gasteiger partial charge in [0, 0.05) is 17.2 Å². The zero-order valence-electron chi connectivity index (χ0n) is 11.2. The predicted molar refractivity (Wildman–Crippen MR) is 77.6 cm³/mol. The van der Waals surface area contributed by atoms with Gasteiger partial charge in [0.05, 0.1) is 5.71 Å². The molecule has 2 aromatic rings. The molecule has 0 aromatic heterocycles. The number of hydrazone groups is 1. The number of hydrogen-bond donors (Lipinski definition) is 4. The molecule has 108 valence electrons. The van der Waals surface area contributed by atoms with Crippen molar-refractivity contribution in [2.24, 2.45) is 5.10 Å². The standard InChI is InChI=1S/C15H14N2O4/c1-9(10-3-2-4-12(18)5-10)16-17-15(21)11-6-13(19)8-14(20)7-11/h2-8,18-20H,1H3,(H,17,21). The van der Waals surface area contributed by atoms with Crippen molar-refractivity contribution in [2.75, 3.05) is 0 Å². The van der Waals surface area contributed by atoms with Crippen molar-refractivity contribution in [3.05, 3.63) is 53.6 Å². The Hall–Kier alpha value is -3.02. The van der Waals surface area contributed by atoms with E-state index >= 15 is 0 Å². The maximum absolute atomic E-state index is 11.9. The molecule has 1 amide bonds. The number of carbonyl (C=O) groups excluding carboxylic acids is 1. The normalized spacial score (nSPS) is 11.2. The summed E-state index contributed by atoms with van der Waals surface area (Å²) in [6.45, 7) is 1.68. The highest BCUT2D eigenvalue weighted by Crippen LogP contribution is 2.20. The average molecular weight is 286 g/mol. The van der Waals surface area contributed by atoms with Gasteiger partial charge in [0.1, 0.15) is 17.2 Å². The van der Waals surface area contributed by atoms with E-state index in [9.17, 15) is 20.1 Å². The molecule has 0 radical (unpaired) electrons. The van der Waals surface area contributed by atoms with Crippen LogP contribution < -0.4 is 5.43 Å². The third-order valence-electron chi connectivity index (χ3n) is 2.75. The molecule has 0 aliphatic heterocycles. The molecule has 0 heterocycles. The average Bonchev–Trinajstić information content (AvgIpc) is 2.43. The van der Waals surface area contributed by atoms with Gasteiger partial charge in [0.15, 0.2) is 0 Å². The van der Waals surface area contributed by atoms with E-state index in [1.165, 1.54) is 24.3 Å². The molecule has 0 aliphatic carbocycles. The van der Waals surface area contributed by atoms with Crippen LogP contribution in [-0.4, -0.2) is 26.9 Å². The zero-order valence-corrected chi connectivity index (χ0v) is 11.2. The van der Waals surface area contributed by atoms with Gasteiger partial charge in [-0.3, -0.25) is 4.79 Å². The quantitative estimate of drug-likeness (QED) is 0.511. The second-order valence-electron chi connectivity index (χ2n) is 4.43. The van der Waals surface area contributed by atoms with Crippen molar-refractivity contribution in [1.29, 1.82) is 0 Å². The third-order valence-corrected chi connectivity index (χ3v) is 2.75. The molecule has 2 aromatic carbocycles. The van der Waals surface area contributed by atoms with Crippen molar-refractivity contribution < 1.29 is 20.1 Å². The Balaban J connectivity index is 2.14. The lowest BCUT2D eigenvalue weighted by molar-refractivity contribution is 0.0954. The number of rotatable bonds is 3. The molecule has 0 aliphatic rings. The van der Waals surface area contributed by atoms with Crippen LogP contribution in [0.2, 0.25) is 0 Å². The van der Waals surface area contributed by atoms with Crippen molar-refractivity contribution >= 4 is 11.6 Å². The molecule has 6 heteroatoms. The summed E-state index contributed by atoms with van der Waals surface area (Å²) >= 11 is 0. The fourth-order valence-electron chi connectivity index (χ4n) is 1.72. The Morgan fingerprint density at radius 3 is 2.19 bits per heavy atom. The van der Waals surface area contributed by atoms with Gasteiger partial charge < -0.3 is 15.3 Å². The maximum Gasteiger partial charge on any atom is 0.271 e. The molecular weight excluding hydrogens is 272 g/mol. The zero-order chi connectivity index (χ0) is 15.4. The number of phenols is 3. The lowest BCUT2D eigenvalue weighted by Crippen LogP contribution is -2.19. The first-order valence-electron chi connectivity index (χ1n) is 6.13. The summed E-state index contributed by atoms with van der Waals surface area (Å²) in [5.41, 5.74) is 3.56. The van der Waals surface area contributed by atoms with Crippen LogP contribution in [0.1, 0.15) is 22.8 Å². The number of aromatic hydroxyl groups is 3. The van der Waals surface area contributed by atoms with E-state index in [4.69, 9.17) is 0 Å². The Bertz CT molecular complexity index is 690. The van der Waals surface area contributed by atoms with E-state index in [0.29, 0.717) is 11.3 Å². The summed E-state index contributed by atoms with van der Waals surface area (Å²) < 4.78 is 0. The van der Waals surface area contributed by atoms with E-state index in [-0.39, 0.29) is 22.8 Å². The minimum Gasteiger partial charge on any atom is -0.508 e. The van der Waals surface area contributed by atoms with Gasteiger partial charge in [-0.1, -0.05) is 12.1 Å². The van der Waals surface area contributed by atoms with Gasteiger partial charge in [-0.2, -0.15) is 5.10 Å². The topological polar surface area (TPSA) is 102 Å². The smallest absolute Gasteiger partial charge is 0.271 e. The largest absolute Gasteiger partial charge is 0.508 e. The summed E-state index contributed by atoms with van der Waals surface area (Å²) in [5.74, 6) is -0.894. The number of amides is 1. The molecule has 6 nitrogen and oxygen atoms in total. The molecule has 4 N–H and O–H groups in total. The predicted octanol–water partition coefficient (Wildman–Crippen LogP) is 1.96. The van der Waals surface area contributed by atoms with Crippen molar-refractivity contribution in [3.8, 4) is 17.2 Å². The molecule has 21 heavy (non-hydrogen) atoms. The summed E-state index contributed by atoms with van der Waals surface area (Å²) in [4.78, 5) is 11.9. The Labute approximate surface area is 121 Å². The van der Waals surface area contributed by atoms with Crippen molar-refractivity contribution in [2.45, 2.75) is 6.92 Å². The minimum atomic E-state index is -0.569. The summed E-state index contributed by atoms with van der Waals surface area (Å²) in [7, 11) is 0. The van der Waals surface area contributed by atoms with E-state index < -0.39 is 5.91 Å². The van der Waals surface area contributed by atoms with Gasteiger partial charge in [-0.15, -0.1) is 0 Å². The van der Waals surface area contributed by atoms with E-state index in [1.54, 1.807) is 19.1 Å². The highest BCUT2D eigenvalue weighted by atomic mass is 16.3. The maximum atomic E-state index is 11.9. The second-order valence-corrected chi connectivity index (χ2v) is 4.43. The molecule has 0 atom stereocenters. The van der Waals surface area contributed by atoms with Gasteiger partial charge >= 0.3 is 0 Å². The fraction of sp³-hybridized carbons (Fsp3) is 0.0667. The van der Waals surface area contributed by atoms with E-state index in [1.807, 2.05) is 0 Å². The number of nitrogens with zero attached hydrogens (tertiary/aromatic N) is 1. The minimum absolute atomic E-state index is 0.0833. The van der Waals surface area contributed by atoms with E-state index in [2.05, 4.69) is 10.5 Å². The van der Waals surface area contributed by atoms with Crippen LogP contribution in [0.4, 0.5) is 0 Å². The molecule has 0 spiro atoms. The molecule has 0 fully saturated rings. The first kappa shape index (κ1) is 14.4. The summed E-state index contributed by atoms with van der Waals surface area (Å²) in [5, 5.41) is 31.9. The van der Waals surface area contributed by atoms with Crippen LogP contribution >= 0.6 is 0 Å². The number of phenolic OH excluding ortho intramolecular Hbond substituents is 3.